The molecule has 0 bridgehead atoms. The summed E-state index contributed by atoms with van der Waals surface area (Å²) in [5.74, 6) is 0.919. The molecule has 0 aromatic rings. The van der Waals surface area contributed by atoms with Gasteiger partial charge in [0.05, 0.1) is 0 Å². The summed E-state index contributed by atoms with van der Waals surface area (Å²) in [6.07, 6.45) is 4.38. The highest BCUT2D eigenvalue weighted by Crippen LogP contribution is 2.18. The molecule has 2 saturated heterocycles. The summed E-state index contributed by atoms with van der Waals surface area (Å²) in [5.41, 5.74) is 0. The Morgan fingerprint density at radius 3 is 2.83 bits per heavy atom. The lowest BCUT2D eigenvalue weighted by Gasteiger charge is -2.31. The summed E-state index contributed by atoms with van der Waals surface area (Å²) in [5, 5.41) is 3.31. The van der Waals surface area contributed by atoms with Gasteiger partial charge in [-0.2, -0.15) is 12.7 Å². The Balaban J connectivity index is 1.82. The molecule has 2 rings (SSSR count). The van der Waals surface area contributed by atoms with Crippen molar-refractivity contribution in [3.63, 3.8) is 0 Å². The predicted octanol–water partition coefficient (Wildman–Crippen LogP) is 0.552. The fourth-order valence-electron chi connectivity index (χ4n) is 2.78. The van der Waals surface area contributed by atoms with Gasteiger partial charge in [-0.1, -0.05) is 6.92 Å². The van der Waals surface area contributed by atoms with Crippen molar-refractivity contribution >= 4 is 10.2 Å². The van der Waals surface area contributed by atoms with Crippen LogP contribution in [0.5, 0.6) is 0 Å². The molecule has 0 radical (unpaired) electrons. The second kappa shape index (κ2) is 6.32. The molecule has 0 aromatic carbocycles. The Labute approximate surface area is 110 Å². The Morgan fingerprint density at radius 2 is 2.17 bits per heavy atom. The van der Waals surface area contributed by atoms with E-state index in [-0.39, 0.29) is 0 Å². The lowest BCUT2D eigenvalue weighted by molar-refractivity contribution is 0.276. The smallest absolute Gasteiger partial charge is 0.279 e. The van der Waals surface area contributed by atoms with Crippen LogP contribution in [0.3, 0.4) is 0 Å². The summed E-state index contributed by atoms with van der Waals surface area (Å²) in [6, 6.07) is 0. The molecule has 0 saturated carbocycles. The monoisotopic (exact) mass is 275 g/mol. The molecule has 0 aliphatic carbocycles. The Hall–Kier alpha value is -0.170. The van der Waals surface area contributed by atoms with Crippen molar-refractivity contribution in [3.05, 3.63) is 0 Å². The number of nitrogens with zero attached hydrogens (tertiary/aromatic N) is 1. The number of hydrogen-bond donors (Lipinski definition) is 2. The van der Waals surface area contributed by atoms with E-state index in [4.69, 9.17) is 0 Å². The molecule has 0 amide bonds. The molecule has 2 fully saturated rings. The Kier molecular flexibility index (Phi) is 5.00. The Morgan fingerprint density at radius 1 is 1.33 bits per heavy atom. The van der Waals surface area contributed by atoms with Gasteiger partial charge in [-0.05, 0) is 50.6 Å². The zero-order valence-corrected chi connectivity index (χ0v) is 12.0. The van der Waals surface area contributed by atoms with Gasteiger partial charge in [-0.15, -0.1) is 0 Å². The maximum absolute atomic E-state index is 12.2. The van der Waals surface area contributed by atoms with E-state index in [1.165, 1.54) is 0 Å². The first-order chi connectivity index (χ1) is 8.58. The third-order valence-electron chi connectivity index (χ3n) is 3.91. The second-order valence-corrected chi connectivity index (χ2v) is 7.43. The minimum Gasteiger partial charge on any atom is -0.316 e. The molecule has 106 valence electrons. The van der Waals surface area contributed by atoms with Crippen LogP contribution in [-0.2, 0) is 10.2 Å². The van der Waals surface area contributed by atoms with Gasteiger partial charge >= 0.3 is 0 Å². The summed E-state index contributed by atoms with van der Waals surface area (Å²) in [6.45, 7) is 6.01. The highest BCUT2D eigenvalue weighted by atomic mass is 32.2. The van der Waals surface area contributed by atoms with Crippen LogP contribution in [0.25, 0.3) is 0 Å². The van der Waals surface area contributed by atoms with E-state index >= 15 is 0 Å². The predicted molar refractivity (Wildman–Crippen MR) is 72.5 cm³/mol. The molecule has 5 nitrogen and oxygen atoms in total. The first-order valence-corrected chi connectivity index (χ1v) is 8.47. The summed E-state index contributed by atoms with van der Waals surface area (Å²) >= 11 is 0. The molecular formula is C12H25N3O2S. The molecule has 0 aromatic heterocycles. The van der Waals surface area contributed by atoms with Crippen molar-refractivity contribution in [3.8, 4) is 0 Å². The molecule has 18 heavy (non-hydrogen) atoms. The van der Waals surface area contributed by atoms with Crippen molar-refractivity contribution < 1.29 is 8.42 Å². The van der Waals surface area contributed by atoms with Crippen LogP contribution in [0, 0.1) is 11.8 Å². The fourth-order valence-corrected chi connectivity index (χ4v) is 4.23. The minimum absolute atomic E-state index is 0.440. The van der Waals surface area contributed by atoms with Crippen LogP contribution >= 0.6 is 0 Å². The van der Waals surface area contributed by atoms with Gasteiger partial charge in [-0.25, -0.2) is 4.72 Å². The SMILES string of the molecule is CC1CCCN(S(=O)(=O)NCC2CCCNC2)C1. The number of hydrogen-bond acceptors (Lipinski definition) is 3. The van der Waals surface area contributed by atoms with E-state index in [2.05, 4.69) is 17.0 Å². The largest absolute Gasteiger partial charge is 0.316 e. The summed E-state index contributed by atoms with van der Waals surface area (Å²) in [7, 11) is -3.26. The summed E-state index contributed by atoms with van der Waals surface area (Å²) in [4.78, 5) is 0. The maximum Gasteiger partial charge on any atom is 0.279 e. The number of piperidine rings is 2. The standard InChI is InChI=1S/C12H25N3O2S/c1-11-4-3-7-15(10-11)18(16,17)14-9-12-5-2-6-13-8-12/h11-14H,2-10H2,1H3. The van der Waals surface area contributed by atoms with Gasteiger partial charge in [0.25, 0.3) is 10.2 Å². The zero-order chi connectivity index (χ0) is 13.0. The maximum atomic E-state index is 12.2. The van der Waals surface area contributed by atoms with Gasteiger partial charge in [0.15, 0.2) is 0 Å². The zero-order valence-electron chi connectivity index (χ0n) is 11.2. The quantitative estimate of drug-likeness (QED) is 0.788. The van der Waals surface area contributed by atoms with E-state index in [0.29, 0.717) is 31.5 Å². The van der Waals surface area contributed by atoms with Gasteiger partial charge in [0.1, 0.15) is 0 Å². The molecule has 2 atom stereocenters. The highest BCUT2D eigenvalue weighted by Gasteiger charge is 2.27. The average Bonchev–Trinajstić information content (AvgIpc) is 2.38. The minimum atomic E-state index is -3.26. The van der Waals surface area contributed by atoms with Gasteiger partial charge in [0, 0.05) is 19.6 Å². The van der Waals surface area contributed by atoms with E-state index in [9.17, 15) is 8.42 Å². The van der Waals surface area contributed by atoms with E-state index in [1.807, 2.05) is 0 Å². The normalized spacial score (nSPS) is 31.4. The topological polar surface area (TPSA) is 61.4 Å². The van der Waals surface area contributed by atoms with Crippen LogP contribution < -0.4 is 10.0 Å². The van der Waals surface area contributed by atoms with Crippen molar-refractivity contribution in [1.29, 1.82) is 0 Å². The third kappa shape index (κ3) is 3.91. The molecule has 0 spiro atoms. The van der Waals surface area contributed by atoms with Crippen LogP contribution in [0.2, 0.25) is 0 Å². The van der Waals surface area contributed by atoms with Crippen molar-refractivity contribution in [2.75, 3.05) is 32.7 Å². The van der Waals surface area contributed by atoms with Crippen molar-refractivity contribution in [1.82, 2.24) is 14.3 Å². The second-order valence-electron chi connectivity index (χ2n) is 5.67. The van der Waals surface area contributed by atoms with E-state index in [1.54, 1.807) is 4.31 Å². The van der Waals surface area contributed by atoms with E-state index in [0.717, 1.165) is 38.8 Å². The fraction of sp³-hybridized carbons (Fsp3) is 1.00. The molecule has 2 heterocycles. The molecule has 2 aliphatic heterocycles. The molecule has 2 aliphatic rings. The van der Waals surface area contributed by atoms with Crippen LogP contribution in [0.4, 0.5) is 0 Å². The van der Waals surface area contributed by atoms with Crippen LogP contribution in [-0.4, -0.2) is 45.4 Å². The third-order valence-corrected chi connectivity index (χ3v) is 5.46. The first-order valence-electron chi connectivity index (χ1n) is 7.03. The Bertz CT molecular complexity index is 352. The summed E-state index contributed by atoms with van der Waals surface area (Å²) < 4.78 is 28.7. The average molecular weight is 275 g/mol. The molecule has 2 N–H and O–H groups in total. The van der Waals surface area contributed by atoms with Crippen LogP contribution in [0.15, 0.2) is 0 Å². The van der Waals surface area contributed by atoms with Crippen molar-refractivity contribution in [2.24, 2.45) is 11.8 Å². The first kappa shape index (κ1) is 14.2. The number of nitrogens with one attached hydrogen (secondary N) is 2. The highest BCUT2D eigenvalue weighted by molar-refractivity contribution is 7.87. The van der Waals surface area contributed by atoms with E-state index < -0.39 is 10.2 Å². The van der Waals surface area contributed by atoms with Gasteiger partial charge < -0.3 is 5.32 Å². The lowest BCUT2D eigenvalue weighted by Crippen LogP contribution is -2.47. The molecule has 2 unspecified atom stereocenters. The lowest BCUT2D eigenvalue weighted by atomic mass is 10.0. The molecular weight excluding hydrogens is 250 g/mol. The van der Waals surface area contributed by atoms with Crippen LogP contribution in [0.1, 0.15) is 32.6 Å². The van der Waals surface area contributed by atoms with Gasteiger partial charge in [-0.3, -0.25) is 0 Å². The number of rotatable bonds is 4. The van der Waals surface area contributed by atoms with Gasteiger partial charge in [0.2, 0.25) is 0 Å². The van der Waals surface area contributed by atoms with Crippen molar-refractivity contribution in [2.45, 2.75) is 32.6 Å². The molecule has 6 heteroatoms.